The number of Topliss-reactive ketones (excluding diaryl/α,β-unsaturated/α-hetero) is 1. The van der Waals surface area contributed by atoms with Crippen LogP contribution in [0.5, 0.6) is 0 Å². The second-order valence-electron chi connectivity index (χ2n) is 7.49. The van der Waals surface area contributed by atoms with Crippen LogP contribution in [0.2, 0.25) is 0 Å². The van der Waals surface area contributed by atoms with Crippen LogP contribution in [-0.4, -0.2) is 39.7 Å². The summed E-state index contributed by atoms with van der Waals surface area (Å²) in [5.41, 5.74) is 9.70. The first-order valence-corrected chi connectivity index (χ1v) is 10.1. The van der Waals surface area contributed by atoms with Crippen molar-refractivity contribution in [2.45, 2.75) is 65.2 Å². The number of rotatable bonds is 11. The van der Waals surface area contributed by atoms with Crippen molar-refractivity contribution in [2.24, 2.45) is 23.3 Å². The van der Waals surface area contributed by atoms with Gasteiger partial charge >= 0.3 is 11.9 Å². The minimum atomic E-state index is -1.48. The second-order valence-corrected chi connectivity index (χ2v) is 7.49. The Balaban J connectivity index is 3.79. The number of primary amides is 2. The molecule has 166 valence electrons. The zero-order chi connectivity index (χ0) is 23.0. The Morgan fingerprint density at radius 3 is 1.87 bits per heavy atom. The average Bonchev–Trinajstić information content (AvgIpc) is 2.64. The number of hydrogen-bond acceptors (Lipinski definition) is 5. The van der Waals surface area contributed by atoms with Crippen molar-refractivity contribution in [3.63, 3.8) is 0 Å². The molecule has 2 unspecified atom stereocenters. The highest BCUT2D eigenvalue weighted by Gasteiger charge is 2.39. The first kappa shape index (κ1) is 25.1. The van der Waals surface area contributed by atoms with Crippen LogP contribution >= 0.6 is 0 Å². The van der Waals surface area contributed by atoms with Crippen LogP contribution in [0.25, 0.3) is 0 Å². The number of carboxylic acid groups (broad SMARTS) is 2. The van der Waals surface area contributed by atoms with E-state index < -0.39 is 53.4 Å². The molecule has 1 aliphatic rings. The van der Waals surface area contributed by atoms with Crippen molar-refractivity contribution >= 4 is 29.5 Å². The number of carbonyl (C=O) groups excluding carboxylic acids is 3. The predicted octanol–water partition coefficient (Wildman–Crippen LogP) is 1.70. The lowest BCUT2D eigenvalue weighted by Gasteiger charge is -2.28. The number of ketones is 1. The number of hydrogen-bond donors (Lipinski definition) is 4. The summed E-state index contributed by atoms with van der Waals surface area (Å²) in [5, 5.41) is 19.5. The molecule has 0 bridgehead atoms. The minimum Gasteiger partial charge on any atom is -0.478 e. The first-order valence-electron chi connectivity index (χ1n) is 10.1. The third-order valence-corrected chi connectivity index (χ3v) is 5.39. The number of aliphatic carboxylic acids is 2. The molecule has 0 spiro atoms. The molecule has 0 aromatic rings. The van der Waals surface area contributed by atoms with Crippen molar-refractivity contribution in [3.8, 4) is 0 Å². The predicted molar refractivity (Wildman–Crippen MR) is 108 cm³/mol. The van der Waals surface area contributed by atoms with Gasteiger partial charge in [0.05, 0.1) is 11.5 Å². The molecule has 0 saturated heterocycles. The summed E-state index contributed by atoms with van der Waals surface area (Å²) in [7, 11) is 0. The van der Waals surface area contributed by atoms with Crippen LogP contribution in [0, 0.1) is 11.8 Å². The molecule has 30 heavy (non-hydrogen) atoms. The largest absolute Gasteiger partial charge is 0.478 e. The van der Waals surface area contributed by atoms with E-state index in [0.717, 1.165) is 0 Å². The highest BCUT2D eigenvalue weighted by atomic mass is 16.4. The molecular formula is C21H30N2O7. The van der Waals surface area contributed by atoms with Crippen molar-refractivity contribution in [1.82, 2.24) is 0 Å². The summed E-state index contributed by atoms with van der Waals surface area (Å²) in [4.78, 5) is 61.3. The Hall–Kier alpha value is -2.97. The third-order valence-electron chi connectivity index (χ3n) is 5.39. The Morgan fingerprint density at radius 1 is 0.833 bits per heavy atom. The van der Waals surface area contributed by atoms with Crippen molar-refractivity contribution in [3.05, 3.63) is 22.3 Å². The zero-order valence-electron chi connectivity index (χ0n) is 17.4. The van der Waals surface area contributed by atoms with Gasteiger partial charge < -0.3 is 21.7 Å². The van der Waals surface area contributed by atoms with Gasteiger partial charge in [0.1, 0.15) is 5.78 Å². The van der Waals surface area contributed by atoms with Crippen LogP contribution in [-0.2, 0) is 24.0 Å². The van der Waals surface area contributed by atoms with E-state index >= 15 is 0 Å². The van der Waals surface area contributed by atoms with Gasteiger partial charge in [-0.3, -0.25) is 14.4 Å². The standard InChI is InChI=1S/C21H30N2O7/c1-3-5-7-11-9-13(18(22)25)17(19(23)26)12(15(24)8-6-4-2)10-14(20(27)28)16(11)21(29)30/h11-12H,3-10H2,1-2H3,(H2,22,25)(H2,23,26)(H,27,28)(H,29,30)/b16-14-,17-13-. The molecule has 2 amide bonds. The Kier molecular flexibility index (Phi) is 9.42. The Labute approximate surface area is 175 Å². The Morgan fingerprint density at radius 2 is 1.43 bits per heavy atom. The topological polar surface area (TPSA) is 178 Å². The maximum atomic E-state index is 12.8. The molecule has 2 atom stereocenters. The lowest BCUT2D eigenvalue weighted by molar-refractivity contribution is -0.137. The lowest BCUT2D eigenvalue weighted by Crippen LogP contribution is -2.35. The fourth-order valence-electron chi connectivity index (χ4n) is 3.89. The molecular weight excluding hydrogens is 392 g/mol. The number of nitrogens with two attached hydrogens (primary N) is 2. The Bertz CT molecular complexity index is 795. The lowest BCUT2D eigenvalue weighted by atomic mass is 9.74. The first-order chi connectivity index (χ1) is 14.1. The molecule has 9 heteroatoms. The SMILES string of the molecule is CCCCC(=O)C1C/C(C(=O)O)=C(/C(=O)O)C(CCCC)C/C(C(N)=O)=C\1C(N)=O. The molecule has 6 N–H and O–H groups in total. The quantitative estimate of drug-likeness (QED) is 0.391. The maximum absolute atomic E-state index is 12.8. The summed E-state index contributed by atoms with van der Waals surface area (Å²) in [5.74, 6) is -7.56. The molecule has 0 radical (unpaired) electrons. The highest BCUT2D eigenvalue weighted by Crippen LogP contribution is 2.38. The molecule has 0 aromatic carbocycles. The van der Waals surface area contributed by atoms with Gasteiger partial charge in [0.25, 0.3) is 0 Å². The van der Waals surface area contributed by atoms with E-state index in [-0.39, 0.29) is 36.0 Å². The van der Waals surface area contributed by atoms with Gasteiger partial charge in [-0.1, -0.05) is 33.1 Å². The smallest absolute Gasteiger partial charge is 0.332 e. The van der Waals surface area contributed by atoms with Gasteiger partial charge in [-0.15, -0.1) is 0 Å². The monoisotopic (exact) mass is 422 g/mol. The van der Waals surface area contributed by atoms with Crippen LogP contribution < -0.4 is 11.5 Å². The third kappa shape index (κ3) is 6.01. The molecule has 1 rings (SSSR count). The summed E-state index contributed by atoms with van der Waals surface area (Å²) in [6, 6.07) is 0. The van der Waals surface area contributed by atoms with E-state index in [1.165, 1.54) is 0 Å². The summed E-state index contributed by atoms with van der Waals surface area (Å²) in [6.45, 7) is 3.74. The molecule has 0 fully saturated rings. The zero-order valence-corrected chi connectivity index (χ0v) is 17.4. The molecule has 0 heterocycles. The second kappa shape index (κ2) is 11.3. The van der Waals surface area contributed by atoms with E-state index in [0.29, 0.717) is 25.7 Å². The normalized spacial score (nSPS) is 24.6. The van der Waals surface area contributed by atoms with Gasteiger partial charge in [-0.05, 0) is 31.6 Å². The van der Waals surface area contributed by atoms with Crippen LogP contribution in [0.3, 0.4) is 0 Å². The molecule has 1 aliphatic carbocycles. The fraction of sp³-hybridized carbons (Fsp3) is 0.571. The van der Waals surface area contributed by atoms with Gasteiger partial charge in [0.15, 0.2) is 0 Å². The number of unbranched alkanes of at least 4 members (excludes halogenated alkanes) is 2. The number of carbonyl (C=O) groups is 5. The molecule has 0 saturated carbocycles. The molecule has 0 aromatic heterocycles. The van der Waals surface area contributed by atoms with Gasteiger partial charge in [-0.2, -0.15) is 0 Å². The summed E-state index contributed by atoms with van der Waals surface area (Å²) < 4.78 is 0. The number of carboxylic acids is 2. The van der Waals surface area contributed by atoms with Gasteiger partial charge in [0, 0.05) is 23.1 Å². The highest BCUT2D eigenvalue weighted by molar-refractivity contribution is 6.09. The number of amides is 2. The van der Waals surface area contributed by atoms with E-state index in [1.807, 2.05) is 13.8 Å². The van der Waals surface area contributed by atoms with Gasteiger partial charge in [0.2, 0.25) is 11.8 Å². The summed E-state index contributed by atoms with van der Waals surface area (Å²) in [6.07, 6.45) is 1.99. The molecule has 9 nitrogen and oxygen atoms in total. The van der Waals surface area contributed by atoms with E-state index in [1.54, 1.807) is 0 Å². The van der Waals surface area contributed by atoms with Crippen molar-refractivity contribution in [1.29, 1.82) is 0 Å². The average molecular weight is 422 g/mol. The maximum Gasteiger partial charge on any atom is 0.332 e. The minimum absolute atomic E-state index is 0.0402. The van der Waals surface area contributed by atoms with E-state index in [4.69, 9.17) is 11.5 Å². The van der Waals surface area contributed by atoms with Crippen molar-refractivity contribution < 1.29 is 34.2 Å². The molecule has 0 aliphatic heterocycles. The summed E-state index contributed by atoms with van der Waals surface area (Å²) >= 11 is 0. The van der Waals surface area contributed by atoms with Gasteiger partial charge in [-0.25, -0.2) is 9.59 Å². The van der Waals surface area contributed by atoms with Crippen molar-refractivity contribution in [2.75, 3.05) is 0 Å². The van der Waals surface area contributed by atoms with Crippen LogP contribution in [0.1, 0.15) is 65.2 Å². The van der Waals surface area contributed by atoms with E-state index in [9.17, 15) is 34.2 Å². The van der Waals surface area contributed by atoms with Crippen LogP contribution in [0.15, 0.2) is 22.3 Å². The fourth-order valence-corrected chi connectivity index (χ4v) is 3.89. The van der Waals surface area contributed by atoms with Crippen LogP contribution in [0.4, 0.5) is 0 Å². The van der Waals surface area contributed by atoms with E-state index in [2.05, 4.69) is 0 Å².